The molecule has 112 valence electrons. The average molecular weight is 322 g/mol. The SMILES string of the molecule is OCC(CO)(CSc1ccncc1)CSc1ccncc1. The van der Waals surface area contributed by atoms with E-state index in [1.807, 2.05) is 24.3 Å². The molecule has 0 fully saturated rings. The first-order valence-corrected chi connectivity index (χ1v) is 8.52. The Balaban J connectivity index is 1.95. The highest BCUT2D eigenvalue weighted by atomic mass is 32.2. The van der Waals surface area contributed by atoms with Gasteiger partial charge in [-0.15, -0.1) is 23.5 Å². The Kier molecular flexibility index (Phi) is 6.50. The van der Waals surface area contributed by atoms with Crippen LogP contribution in [0.4, 0.5) is 0 Å². The molecule has 6 heteroatoms. The molecule has 0 atom stereocenters. The number of aromatic nitrogens is 2. The molecule has 2 heterocycles. The number of thioether (sulfide) groups is 2. The van der Waals surface area contributed by atoms with E-state index in [9.17, 15) is 10.2 Å². The Morgan fingerprint density at radius 3 is 1.48 bits per heavy atom. The second-order valence-electron chi connectivity index (χ2n) is 4.76. The zero-order chi connectivity index (χ0) is 15.0. The van der Waals surface area contributed by atoms with E-state index in [4.69, 9.17) is 0 Å². The van der Waals surface area contributed by atoms with Crippen molar-refractivity contribution in [3.63, 3.8) is 0 Å². The van der Waals surface area contributed by atoms with Gasteiger partial charge < -0.3 is 10.2 Å². The van der Waals surface area contributed by atoms with Crippen molar-refractivity contribution in [1.82, 2.24) is 9.97 Å². The normalized spacial score (nSPS) is 11.5. The van der Waals surface area contributed by atoms with Crippen molar-refractivity contribution in [2.45, 2.75) is 9.79 Å². The summed E-state index contributed by atoms with van der Waals surface area (Å²) in [6.45, 7) is -0.0840. The number of nitrogens with zero attached hydrogens (tertiary/aromatic N) is 2. The molecule has 0 saturated heterocycles. The van der Waals surface area contributed by atoms with Crippen LogP contribution in [0.3, 0.4) is 0 Å². The monoisotopic (exact) mass is 322 g/mol. The van der Waals surface area contributed by atoms with Crippen molar-refractivity contribution in [2.24, 2.45) is 5.41 Å². The summed E-state index contributed by atoms with van der Waals surface area (Å²) in [6, 6.07) is 7.72. The van der Waals surface area contributed by atoms with E-state index in [0.717, 1.165) is 9.79 Å². The second-order valence-corrected chi connectivity index (χ2v) is 6.86. The zero-order valence-corrected chi connectivity index (χ0v) is 13.2. The molecule has 2 N–H and O–H groups in total. The molecule has 0 radical (unpaired) electrons. The van der Waals surface area contributed by atoms with E-state index in [-0.39, 0.29) is 13.2 Å². The molecule has 2 aromatic rings. The first kappa shape index (κ1) is 16.3. The molecule has 0 aromatic carbocycles. The van der Waals surface area contributed by atoms with Crippen molar-refractivity contribution in [1.29, 1.82) is 0 Å². The van der Waals surface area contributed by atoms with Crippen molar-refractivity contribution < 1.29 is 10.2 Å². The highest BCUT2D eigenvalue weighted by Crippen LogP contribution is 2.33. The largest absolute Gasteiger partial charge is 0.396 e. The molecule has 0 aliphatic carbocycles. The Labute approximate surface area is 133 Å². The smallest absolute Gasteiger partial charge is 0.0525 e. The zero-order valence-electron chi connectivity index (χ0n) is 11.6. The van der Waals surface area contributed by atoms with Crippen LogP contribution >= 0.6 is 23.5 Å². The number of hydrogen-bond donors (Lipinski definition) is 2. The van der Waals surface area contributed by atoms with Crippen LogP contribution in [-0.4, -0.2) is 44.9 Å². The third kappa shape index (κ3) is 5.00. The average Bonchev–Trinajstić information content (AvgIpc) is 2.58. The maximum absolute atomic E-state index is 9.72. The van der Waals surface area contributed by atoms with E-state index in [0.29, 0.717) is 11.5 Å². The molecule has 21 heavy (non-hydrogen) atoms. The predicted octanol–water partition coefficient (Wildman–Crippen LogP) is 2.33. The van der Waals surface area contributed by atoms with Gasteiger partial charge in [-0.3, -0.25) is 9.97 Å². The van der Waals surface area contributed by atoms with Gasteiger partial charge >= 0.3 is 0 Å². The van der Waals surface area contributed by atoms with Crippen LogP contribution in [0.2, 0.25) is 0 Å². The molecule has 0 unspecified atom stereocenters. The van der Waals surface area contributed by atoms with Crippen molar-refractivity contribution in [3.05, 3.63) is 49.1 Å². The predicted molar refractivity (Wildman–Crippen MR) is 86.5 cm³/mol. The Bertz CT molecular complexity index is 476. The molecule has 0 saturated carbocycles. The fraction of sp³-hybridized carbons (Fsp3) is 0.333. The quantitative estimate of drug-likeness (QED) is 0.727. The van der Waals surface area contributed by atoms with Crippen LogP contribution in [0, 0.1) is 5.41 Å². The Hall–Kier alpha value is -1.08. The van der Waals surface area contributed by atoms with Gasteiger partial charge in [-0.05, 0) is 24.3 Å². The lowest BCUT2D eigenvalue weighted by Crippen LogP contribution is -2.35. The summed E-state index contributed by atoms with van der Waals surface area (Å²) in [7, 11) is 0. The Morgan fingerprint density at radius 1 is 0.762 bits per heavy atom. The van der Waals surface area contributed by atoms with Gasteiger partial charge in [0, 0.05) is 51.5 Å². The number of aliphatic hydroxyl groups is 2. The van der Waals surface area contributed by atoms with E-state index in [1.165, 1.54) is 0 Å². The summed E-state index contributed by atoms with van der Waals surface area (Å²) >= 11 is 3.25. The number of pyridine rings is 2. The topological polar surface area (TPSA) is 66.2 Å². The summed E-state index contributed by atoms with van der Waals surface area (Å²) in [5, 5.41) is 19.4. The molecule has 4 nitrogen and oxygen atoms in total. The minimum Gasteiger partial charge on any atom is -0.396 e. The standard InChI is InChI=1S/C15H18N2O2S2/c18-9-15(10-19,11-20-13-1-5-16-6-2-13)12-21-14-3-7-17-8-4-14/h1-8,18-19H,9-12H2. The molecule has 2 aromatic heterocycles. The van der Waals surface area contributed by atoms with E-state index in [1.54, 1.807) is 48.3 Å². The van der Waals surface area contributed by atoms with E-state index >= 15 is 0 Å². The second kappa shape index (κ2) is 8.38. The molecular formula is C15H18N2O2S2. The number of rotatable bonds is 8. The maximum atomic E-state index is 9.72. The van der Waals surface area contributed by atoms with Crippen LogP contribution in [0.1, 0.15) is 0 Å². The lowest BCUT2D eigenvalue weighted by atomic mass is 9.96. The minimum atomic E-state index is -0.512. The number of aliphatic hydroxyl groups excluding tert-OH is 2. The van der Waals surface area contributed by atoms with Crippen LogP contribution in [0.15, 0.2) is 58.8 Å². The molecule has 2 rings (SSSR count). The van der Waals surface area contributed by atoms with Crippen molar-refractivity contribution in [2.75, 3.05) is 24.7 Å². The van der Waals surface area contributed by atoms with Crippen LogP contribution in [-0.2, 0) is 0 Å². The van der Waals surface area contributed by atoms with Gasteiger partial charge in [-0.2, -0.15) is 0 Å². The highest BCUT2D eigenvalue weighted by molar-refractivity contribution is 8.00. The van der Waals surface area contributed by atoms with Gasteiger partial charge in [0.2, 0.25) is 0 Å². The van der Waals surface area contributed by atoms with Gasteiger partial charge in [0.25, 0.3) is 0 Å². The molecular weight excluding hydrogens is 304 g/mol. The third-order valence-electron chi connectivity index (χ3n) is 3.06. The number of hydrogen-bond acceptors (Lipinski definition) is 6. The van der Waals surface area contributed by atoms with Crippen LogP contribution < -0.4 is 0 Å². The van der Waals surface area contributed by atoms with Crippen LogP contribution in [0.25, 0.3) is 0 Å². The lowest BCUT2D eigenvalue weighted by Gasteiger charge is -2.29. The summed E-state index contributed by atoms with van der Waals surface area (Å²) in [4.78, 5) is 10.1. The molecule has 0 bridgehead atoms. The summed E-state index contributed by atoms with van der Waals surface area (Å²) in [5.74, 6) is 1.31. The third-order valence-corrected chi connectivity index (χ3v) is 5.78. The summed E-state index contributed by atoms with van der Waals surface area (Å²) in [6.07, 6.45) is 6.97. The highest BCUT2D eigenvalue weighted by Gasteiger charge is 2.29. The fourth-order valence-corrected chi connectivity index (χ4v) is 3.89. The summed E-state index contributed by atoms with van der Waals surface area (Å²) in [5.41, 5.74) is -0.512. The van der Waals surface area contributed by atoms with E-state index in [2.05, 4.69) is 9.97 Å². The molecule has 0 aliphatic rings. The Morgan fingerprint density at radius 2 is 1.14 bits per heavy atom. The van der Waals surface area contributed by atoms with Gasteiger partial charge in [0.1, 0.15) is 0 Å². The van der Waals surface area contributed by atoms with E-state index < -0.39 is 5.41 Å². The fourth-order valence-electron chi connectivity index (χ4n) is 1.62. The first-order chi connectivity index (χ1) is 10.3. The summed E-state index contributed by atoms with van der Waals surface area (Å²) < 4.78 is 0. The van der Waals surface area contributed by atoms with Gasteiger partial charge in [0.15, 0.2) is 0 Å². The first-order valence-electron chi connectivity index (χ1n) is 6.55. The van der Waals surface area contributed by atoms with Gasteiger partial charge in [-0.25, -0.2) is 0 Å². The lowest BCUT2D eigenvalue weighted by molar-refractivity contribution is 0.0933. The van der Waals surface area contributed by atoms with Gasteiger partial charge in [0.05, 0.1) is 13.2 Å². The van der Waals surface area contributed by atoms with Gasteiger partial charge in [-0.1, -0.05) is 0 Å². The van der Waals surface area contributed by atoms with Crippen molar-refractivity contribution >= 4 is 23.5 Å². The molecule has 0 amide bonds. The van der Waals surface area contributed by atoms with Crippen LogP contribution in [0.5, 0.6) is 0 Å². The molecule has 0 aliphatic heterocycles. The minimum absolute atomic E-state index is 0.0420. The molecule has 0 spiro atoms. The van der Waals surface area contributed by atoms with Crippen molar-refractivity contribution in [3.8, 4) is 0 Å². The maximum Gasteiger partial charge on any atom is 0.0525 e.